The summed E-state index contributed by atoms with van der Waals surface area (Å²) in [5.41, 5.74) is 2.04. The van der Waals surface area contributed by atoms with E-state index in [-0.39, 0.29) is 11.7 Å². The summed E-state index contributed by atoms with van der Waals surface area (Å²) in [4.78, 5) is 30.7. The van der Waals surface area contributed by atoms with Gasteiger partial charge in [0.05, 0.1) is 29.6 Å². The molecule has 0 radical (unpaired) electrons. The molecular weight excluding hydrogens is 616 g/mol. The smallest absolute Gasteiger partial charge is 0.440 e. The number of pyridine rings is 1. The van der Waals surface area contributed by atoms with E-state index in [2.05, 4.69) is 20.5 Å². The van der Waals surface area contributed by atoms with Gasteiger partial charge in [0.25, 0.3) is 5.91 Å². The van der Waals surface area contributed by atoms with E-state index in [1.54, 1.807) is 49.7 Å². The van der Waals surface area contributed by atoms with Crippen LogP contribution in [0.25, 0.3) is 23.1 Å². The molecule has 1 unspecified atom stereocenters. The molecule has 0 saturated heterocycles. The fraction of sp³-hybridized carbons (Fsp3) is 0.125. The maximum Gasteiger partial charge on any atom is 0.440 e. The van der Waals surface area contributed by atoms with Gasteiger partial charge in [-0.25, -0.2) is 14.0 Å². The van der Waals surface area contributed by atoms with E-state index in [1.165, 1.54) is 54.5 Å². The summed E-state index contributed by atoms with van der Waals surface area (Å²) in [6.07, 6.45) is 5.17. The maximum atomic E-state index is 14.8. The molecule has 0 spiro atoms. The number of rotatable bonds is 11. The highest BCUT2D eigenvalue weighted by molar-refractivity contribution is 7.99. The van der Waals surface area contributed by atoms with Crippen molar-refractivity contribution >= 4 is 54.4 Å². The van der Waals surface area contributed by atoms with Crippen LogP contribution in [0.2, 0.25) is 0 Å². The van der Waals surface area contributed by atoms with Gasteiger partial charge >= 0.3 is 13.6 Å². The summed E-state index contributed by atoms with van der Waals surface area (Å²) < 4.78 is 40.6. The Morgan fingerprint density at radius 1 is 1.02 bits per heavy atom. The Morgan fingerprint density at radius 3 is 2.49 bits per heavy atom. The van der Waals surface area contributed by atoms with Crippen molar-refractivity contribution in [1.29, 1.82) is 0 Å². The molecule has 2 heterocycles. The van der Waals surface area contributed by atoms with E-state index in [1.807, 2.05) is 36.4 Å². The van der Waals surface area contributed by atoms with E-state index in [9.17, 15) is 18.5 Å². The lowest BCUT2D eigenvalue weighted by molar-refractivity contribution is -0.142. The average molecular weight is 646 g/mol. The summed E-state index contributed by atoms with van der Waals surface area (Å²) >= 11 is 1.34. The van der Waals surface area contributed by atoms with Crippen LogP contribution >= 0.6 is 19.4 Å². The Labute approximate surface area is 263 Å². The van der Waals surface area contributed by atoms with Gasteiger partial charge in [0, 0.05) is 28.4 Å². The Balaban J connectivity index is 1.67. The molecule has 230 valence electrons. The molecule has 0 aliphatic rings. The number of hydrogen-bond acceptors (Lipinski definition) is 8. The van der Waals surface area contributed by atoms with Gasteiger partial charge in [0.15, 0.2) is 0 Å². The van der Waals surface area contributed by atoms with E-state index in [0.29, 0.717) is 32.7 Å². The zero-order valence-electron chi connectivity index (χ0n) is 24.5. The second-order valence-corrected chi connectivity index (χ2v) is 12.6. The minimum atomic E-state index is -4.28. The molecular formula is C32H29FN5O5PS. The number of benzene rings is 3. The second-order valence-electron chi connectivity index (χ2n) is 9.66. The standard InChI is InChI=1S/C32H29FN5O5PS/c1-21(32(40)42-3)37-44(41,43-24-14-11-22(33)12-15-24)38-29-20-25(45-30-10-5-4-9-27(30)31(39)34-2)16-17-26(29)28(36-38)18-13-23-8-6-7-19-35-23/h4-21H,1-3H3,(H,34,39)(H,37,41)/b18-13+/t21-,44?/m0/s1. The van der Waals surface area contributed by atoms with Crippen LogP contribution in [0.4, 0.5) is 4.39 Å². The number of carbonyl (C=O) groups is 2. The minimum Gasteiger partial charge on any atom is -0.468 e. The SMILES string of the molecule is CNC(=O)c1ccccc1Sc1ccc2c(/C=C/c3ccccn3)nn(P(=O)(N[C@@H](C)C(=O)OC)Oc3ccc(F)cc3)c2c1. The Kier molecular flexibility index (Phi) is 9.77. The third-order valence-electron chi connectivity index (χ3n) is 6.55. The first-order valence-corrected chi connectivity index (χ1v) is 16.1. The predicted molar refractivity (Wildman–Crippen MR) is 171 cm³/mol. The van der Waals surface area contributed by atoms with E-state index in [4.69, 9.17) is 9.26 Å². The summed E-state index contributed by atoms with van der Waals surface area (Å²) in [5, 5.41) is 10.7. The van der Waals surface area contributed by atoms with Crippen LogP contribution < -0.4 is 14.9 Å². The zero-order chi connectivity index (χ0) is 32.0. The summed E-state index contributed by atoms with van der Waals surface area (Å²) in [7, 11) is -1.49. The molecule has 0 bridgehead atoms. The molecule has 2 aromatic heterocycles. The lowest BCUT2D eigenvalue weighted by atomic mass is 10.2. The summed E-state index contributed by atoms with van der Waals surface area (Å²) in [6.45, 7) is 1.48. The first-order valence-electron chi connectivity index (χ1n) is 13.7. The van der Waals surface area contributed by atoms with Crippen molar-refractivity contribution in [3.63, 3.8) is 0 Å². The van der Waals surface area contributed by atoms with E-state index >= 15 is 0 Å². The van der Waals surface area contributed by atoms with Crippen LogP contribution in [0.5, 0.6) is 5.75 Å². The molecule has 13 heteroatoms. The first-order chi connectivity index (χ1) is 21.7. The van der Waals surface area contributed by atoms with Crippen molar-refractivity contribution in [1.82, 2.24) is 24.9 Å². The van der Waals surface area contributed by atoms with Crippen molar-refractivity contribution in [2.45, 2.75) is 22.8 Å². The molecule has 2 atom stereocenters. The number of methoxy groups -OCH3 is 1. The molecule has 5 rings (SSSR count). The van der Waals surface area contributed by atoms with E-state index < -0.39 is 25.5 Å². The topological polar surface area (TPSA) is 124 Å². The van der Waals surface area contributed by atoms with Crippen molar-refractivity contribution < 1.29 is 27.8 Å². The number of halogens is 1. The fourth-order valence-corrected chi connectivity index (χ4v) is 7.25. The van der Waals surface area contributed by atoms with Crippen molar-refractivity contribution in [3.8, 4) is 5.75 Å². The Hall–Kier alpha value is -4.77. The van der Waals surface area contributed by atoms with Crippen LogP contribution in [-0.4, -0.2) is 46.6 Å². The zero-order valence-corrected chi connectivity index (χ0v) is 26.2. The first kappa shape index (κ1) is 31.6. The summed E-state index contributed by atoms with van der Waals surface area (Å²) in [6, 6.07) is 22.1. The molecule has 2 N–H and O–H groups in total. The highest BCUT2D eigenvalue weighted by atomic mass is 32.2. The number of ether oxygens (including phenoxy) is 1. The fourth-order valence-electron chi connectivity index (χ4n) is 4.37. The predicted octanol–water partition coefficient (Wildman–Crippen LogP) is 6.44. The van der Waals surface area contributed by atoms with Crippen molar-refractivity contribution in [2.24, 2.45) is 0 Å². The van der Waals surface area contributed by atoms with Crippen LogP contribution in [0.15, 0.2) is 101 Å². The van der Waals surface area contributed by atoms with Gasteiger partial charge in [-0.3, -0.25) is 14.6 Å². The number of aromatic nitrogens is 3. The molecule has 45 heavy (non-hydrogen) atoms. The number of carbonyl (C=O) groups excluding carboxylic acids is 2. The molecule has 0 aliphatic heterocycles. The Bertz CT molecular complexity index is 1920. The Morgan fingerprint density at radius 2 is 1.78 bits per heavy atom. The molecule has 3 aromatic carbocycles. The van der Waals surface area contributed by atoms with Crippen LogP contribution in [0.3, 0.4) is 0 Å². The molecule has 0 fully saturated rings. The minimum absolute atomic E-state index is 0.0866. The number of amides is 1. The number of nitrogens with zero attached hydrogens (tertiary/aromatic N) is 3. The van der Waals surface area contributed by atoms with Gasteiger partial charge < -0.3 is 14.6 Å². The van der Waals surface area contributed by atoms with Gasteiger partial charge in [-0.05, 0) is 85.8 Å². The number of hydrogen-bond donors (Lipinski definition) is 2. The average Bonchev–Trinajstić information content (AvgIpc) is 3.43. The lowest BCUT2D eigenvalue weighted by Crippen LogP contribution is -2.36. The number of esters is 1. The molecule has 1 amide bonds. The monoisotopic (exact) mass is 645 g/mol. The molecule has 0 aliphatic carbocycles. The largest absolute Gasteiger partial charge is 0.468 e. The number of nitrogens with one attached hydrogen (secondary N) is 2. The molecule has 5 aromatic rings. The lowest BCUT2D eigenvalue weighted by Gasteiger charge is -2.23. The third kappa shape index (κ3) is 7.31. The van der Waals surface area contributed by atoms with Crippen LogP contribution in [-0.2, 0) is 14.1 Å². The highest BCUT2D eigenvalue weighted by Gasteiger charge is 2.36. The van der Waals surface area contributed by atoms with E-state index in [0.717, 1.165) is 4.90 Å². The highest BCUT2D eigenvalue weighted by Crippen LogP contribution is 2.48. The third-order valence-corrected chi connectivity index (χ3v) is 9.59. The van der Waals surface area contributed by atoms with Gasteiger partial charge in [-0.15, -0.1) is 0 Å². The maximum absolute atomic E-state index is 14.8. The van der Waals surface area contributed by atoms with Crippen LogP contribution in [0, 0.1) is 5.82 Å². The van der Waals surface area contributed by atoms with Gasteiger partial charge in [-0.2, -0.15) is 9.55 Å². The van der Waals surface area contributed by atoms with Gasteiger partial charge in [-0.1, -0.05) is 30.0 Å². The van der Waals surface area contributed by atoms with Gasteiger partial charge in [0.1, 0.15) is 17.6 Å². The number of fused-ring (bicyclic) bond motifs is 1. The van der Waals surface area contributed by atoms with Crippen LogP contribution in [0.1, 0.15) is 28.7 Å². The van der Waals surface area contributed by atoms with Crippen molar-refractivity contribution in [3.05, 3.63) is 114 Å². The molecule has 10 nitrogen and oxygen atoms in total. The second kappa shape index (κ2) is 13.9. The summed E-state index contributed by atoms with van der Waals surface area (Å²) in [5.74, 6) is -1.32. The van der Waals surface area contributed by atoms with Gasteiger partial charge in [0.2, 0.25) is 0 Å². The normalized spacial score (nSPS) is 13.3. The molecule has 0 saturated carbocycles. The van der Waals surface area contributed by atoms with Crippen molar-refractivity contribution in [2.75, 3.05) is 14.2 Å². The quantitative estimate of drug-likeness (QED) is 0.123.